The average molecular weight is 319 g/mol. The van der Waals surface area contributed by atoms with Crippen molar-refractivity contribution >= 4 is 27.5 Å². The Balaban J connectivity index is 2.86. The lowest BCUT2D eigenvalue weighted by Crippen LogP contribution is -2.23. The molecule has 1 nitrogen and oxygen atoms in total. The van der Waals surface area contributed by atoms with E-state index in [1.165, 1.54) is 5.56 Å². The van der Waals surface area contributed by atoms with Crippen molar-refractivity contribution < 1.29 is 0 Å². The topological polar surface area (TPSA) is 12.0 Å². The predicted octanol–water partition coefficient (Wildman–Crippen LogP) is 5.19. The van der Waals surface area contributed by atoms with Crippen LogP contribution in [0.4, 0.5) is 0 Å². The van der Waals surface area contributed by atoms with E-state index >= 15 is 0 Å². The third-order valence-corrected chi connectivity index (χ3v) is 3.51. The quantitative estimate of drug-likeness (QED) is 0.761. The van der Waals surface area contributed by atoms with Gasteiger partial charge in [0.2, 0.25) is 0 Å². The van der Waals surface area contributed by atoms with Gasteiger partial charge in [0.05, 0.1) is 0 Å². The van der Waals surface area contributed by atoms with Crippen LogP contribution in [0, 0.1) is 5.92 Å². The molecule has 0 aromatic heterocycles. The van der Waals surface area contributed by atoms with Gasteiger partial charge >= 0.3 is 0 Å². The highest BCUT2D eigenvalue weighted by Crippen LogP contribution is 2.30. The van der Waals surface area contributed by atoms with Crippen LogP contribution >= 0.6 is 27.5 Å². The van der Waals surface area contributed by atoms with Gasteiger partial charge in [-0.05, 0) is 43.0 Å². The standard InChI is InChI=1S/C14H21BrClN/c1-4-7-17-14(8-10(2)3)12-6-5-11(15)9-13(12)16/h5-6,9-10,14,17H,4,7-8H2,1-3H3. The minimum absolute atomic E-state index is 0.357. The molecular weight excluding hydrogens is 298 g/mol. The van der Waals surface area contributed by atoms with E-state index in [1.807, 2.05) is 6.07 Å². The molecule has 0 saturated heterocycles. The zero-order valence-electron chi connectivity index (χ0n) is 10.8. The highest BCUT2D eigenvalue weighted by molar-refractivity contribution is 9.10. The molecule has 0 spiro atoms. The van der Waals surface area contributed by atoms with Crippen molar-refractivity contribution in [3.63, 3.8) is 0 Å². The minimum atomic E-state index is 0.357. The lowest BCUT2D eigenvalue weighted by Gasteiger charge is -2.22. The zero-order chi connectivity index (χ0) is 12.8. The second-order valence-electron chi connectivity index (χ2n) is 4.80. The summed E-state index contributed by atoms with van der Waals surface area (Å²) in [6.45, 7) is 7.70. The van der Waals surface area contributed by atoms with Gasteiger partial charge in [0.15, 0.2) is 0 Å². The van der Waals surface area contributed by atoms with Crippen LogP contribution in [0.25, 0.3) is 0 Å². The number of nitrogens with one attached hydrogen (secondary N) is 1. The number of halogens is 2. The molecule has 0 fully saturated rings. The molecule has 96 valence electrons. The first kappa shape index (κ1) is 15.0. The van der Waals surface area contributed by atoms with Crippen molar-refractivity contribution in [3.8, 4) is 0 Å². The Hall–Kier alpha value is -0.0500. The molecule has 1 N–H and O–H groups in total. The number of hydrogen-bond acceptors (Lipinski definition) is 1. The molecule has 17 heavy (non-hydrogen) atoms. The van der Waals surface area contributed by atoms with Gasteiger partial charge < -0.3 is 5.32 Å². The molecule has 0 aliphatic carbocycles. The summed E-state index contributed by atoms with van der Waals surface area (Å²) in [5.41, 5.74) is 1.21. The van der Waals surface area contributed by atoms with Gasteiger partial charge in [-0.2, -0.15) is 0 Å². The van der Waals surface area contributed by atoms with E-state index in [2.05, 4.69) is 54.2 Å². The first-order valence-electron chi connectivity index (χ1n) is 6.23. The van der Waals surface area contributed by atoms with Crippen LogP contribution in [-0.2, 0) is 0 Å². The number of benzene rings is 1. The van der Waals surface area contributed by atoms with Gasteiger partial charge in [-0.1, -0.05) is 54.4 Å². The lowest BCUT2D eigenvalue weighted by atomic mass is 9.97. The van der Waals surface area contributed by atoms with E-state index in [4.69, 9.17) is 11.6 Å². The van der Waals surface area contributed by atoms with Crippen LogP contribution in [0.15, 0.2) is 22.7 Å². The van der Waals surface area contributed by atoms with Crippen molar-refractivity contribution in [2.24, 2.45) is 5.92 Å². The highest BCUT2D eigenvalue weighted by atomic mass is 79.9. The molecule has 1 aromatic carbocycles. The van der Waals surface area contributed by atoms with E-state index in [9.17, 15) is 0 Å². The Labute approximate surface area is 118 Å². The summed E-state index contributed by atoms with van der Waals surface area (Å²) in [5, 5.41) is 4.42. The van der Waals surface area contributed by atoms with Gasteiger partial charge in [0.1, 0.15) is 0 Å². The van der Waals surface area contributed by atoms with Gasteiger partial charge in [-0.15, -0.1) is 0 Å². The van der Waals surface area contributed by atoms with Crippen LogP contribution in [0.2, 0.25) is 5.02 Å². The second kappa shape index (κ2) is 7.40. The van der Waals surface area contributed by atoms with Crippen molar-refractivity contribution in [1.82, 2.24) is 5.32 Å². The Morgan fingerprint density at radius 2 is 2.06 bits per heavy atom. The Morgan fingerprint density at radius 3 is 2.59 bits per heavy atom. The molecule has 3 heteroatoms. The van der Waals surface area contributed by atoms with Gasteiger partial charge in [0.25, 0.3) is 0 Å². The average Bonchev–Trinajstić information content (AvgIpc) is 2.24. The molecule has 0 aliphatic rings. The smallest absolute Gasteiger partial charge is 0.0465 e. The largest absolute Gasteiger partial charge is 0.310 e. The molecule has 1 atom stereocenters. The maximum Gasteiger partial charge on any atom is 0.0465 e. The van der Waals surface area contributed by atoms with Gasteiger partial charge in [-0.25, -0.2) is 0 Å². The van der Waals surface area contributed by atoms with Crippen LogP contribution in [-0.4, -0.2) is 6.54 Å². The summed E-state index contributed by atoms with van der Waals surface area (Å²) in [6.07, 6.45) is 2.25. The first-order valence-corrected chi connectivity index (χ1v) is 7.40. The molecule has 1 unspecified atom stereocenters. The highest BCUT2D eigenvalue weighted by Gasteiger charge is 2.15. The monoisotopic (exact) mass is 317 g/mol. The van der Waals surface area contributed by atoms with Gasteiger partial charge in [0, 0.05) is 15.5 Å². The molecule has 0 amide bonds. The molecule has 0 radical (unpaired) electrons. The summed E-state index contributed by atoms with van der Waals surface area (Å²) < 4.78 is 1.03. The molecular formula is C14H21BrClN. The summed E-state index contributed by atoms with van der Waals surface area (Å²) in [5.74, 6) is 0.657. The summed E-state index contributed by atoms with van der Waals surface area (Å²) in [4.78, 5) is 0. The third-order valence-electron chi connectivity index (χ3n) is 2.69. The van der Waals surface area contributed by atoms with Gasteiger partial charge in [-0.3, -0.25) is 0 Å². The maximum atomic E-state index is 6.32. The van der Waals surface area contributed by atoms with Crippen LogP contribution in [0.5, 0.6) is 0 Å². The second-order valence-corrected chi connectivity index (χ2v) is 6.12. The fourth-order valence-corrected chi connectivity index (χ4v) is 2.70. The first-order chi connectivity index (χ1) is 8.04. The molecule has 0 heterocycles. The SMILES string of the molecule is CCCNC(CC(C)C)c1ccc(Br)cc1Cl. The van der Waals surface area contributed by atoms with E-state index < -0.39 is 0 Å². The summed E-state index contributed by atoms with van der Waals surface area (Å²) in [7, 11) is 0. The van der Waals surface area contributed by atoms with Crippen molar-refractivity contribution in [1.29, 1.82) is 0 Å². The molecule has 1 aromatic rings. The van der Waals surface area contributed by atoms with Crippen molar-refractivity contribution in [2.75, 3.05) is 6.54 Å². The Morgan fingerprint density at radius 1 is 1.35 bits per heavy atom. The van der Waals surface area contributed by atoms with Crippen LogP contribution < -0.4 is 5.32 Å². The molecule has 0 aliphatic heterocycles. The van der Waals surface area contributed by atoms with Crippen LogP contribution in [0.1, 0.15) is 45.2 Å². The number of hydrogen-bond donors (Lipinski definition) is 1. The van der Waals surface area contributed by atoms with Crippen LogP contribution in [0.3, 0.4) is 0 Å². The Kier molecular flexibility index (Phi) is 6.53. The fourth-order valence-electron chi connectivity index (χ4n) is 1.89. The zero-order valence-corrected chi connectivity index (χ0v) is 13.1. The molecule has 0 bridgehead atoms. The lowest BCUT2D eigenvalue weighted by molar-refractivity contribution is 0.430. The van der Waals surface area contributed by atoms with E-state index in [0.29, 0.717) is 12.0 Å². The van der Waals surface area contributed by atoms with E-state index in [-0.39, 0.29) is 0 Å². The summed E-state index contributed by atoms with van der Waals surface area (Å²) in [6, 6.07) is 6.50. The van der Waals surface area contributed by atoms with E-state index in [1.54, 1.807) is 0 Å². The van der Waals surface area contributed by atoms with Crippen molar-refractivity contribution in [2.45, 2.75) is 39.7 Å². The Bertz CT molecular complexity index is 352. The normalized spacial score (nSPS) is 13.1. The minimum Gasteiger partial charge on any atom is -0.310 e. The predicted molar refractivity (Wildman–Crippen MR) is 79.6 cm³/mol. The number of rotatable bonds is 6. The van der Waals surface area contributed by atoms with Crippen molar-refractivity contribution in [3.05, 3.63) is 33.3 Å². The molecule has 1 rings (SSSR count). The summed E-state index contributed by atoms with van der Waals surface area (Å²) >= 11 is 9.76. The maximum absolute atomic E-state index is 6.32. The molecule has 0 saturated carbocycles. The fraction of sp³-hybridized carbons (Fsp3) is 0.571. The van der Waals surface area contributed by atoms with E-state index in [0.717, 1.165) is 28.9 Å². The third kappa shape index (κ3) is 4.99.